The first-order valence-corrected chi connectivity index (χ1v) is 12.1. The molecule has 2 heterocycles. The summed E-state index contributed by atoms with van der Waals surface area (Å²) in [4.78, 5) is 18.9. The lowest BCUT2D eigenvalue weighted by atomic mass is 9.95. The van der Waals surface area contributed by atoms with Gasteiger partial charge in [-0.25, -0.2) is 4.98 Å². The van der Waals surface area contributed by atoms with Gasteiger partial charge in [0.05, 0.1) is 20.3 Å². The molecule has 2 aromatic carbocycles. The molecule has 0 aliphatic carbocycles. The predicted molar refractivity (Wildman–Crippen MR) is 142 cm³/mol. The number of ether oxygens (including phenoxy) is 2. The van der Waals surface area contributed by atoms with Crippen molar-refractivity contribution >= 4 is 28.1 Å². The van der Waals surface area contributed by atoms with Crippen molar-refractivity contribution in [2.45, 2.75) is 26.8 Å². The fraction of sp³-hybridized carbons (Fsp3) is 0.214. The lowest BCUT2D eigenvalue weighted by Crippen LogP contribution is -2.18. The number of rotatable bonds is 8. The average molecular weight is 488 g/mol. The molecule has 4 aromatic rings. The third kappa shape index (κ3) is 5.30. The van der Waals surface area contributed by atoms with Crippen molar-refractivity contribution in [3.05, 3.63) is 99.6 Å². The summed E-state index contributed by atoms with van der Waals surface area (Å²) in [6.07, 6.45) is 0. The highest BCUT2D eigenvalue weighted by Crippen LogP contribution is 2.42. The maximum atomic E-state index is 13.1. The third-order valence-electron chi connectivity index (χ3n) is 5.91. The standard InChI is InChI=1S/C28H29N3O3S/c1-17-10-9-13-24(29-17)30-26(21-14-15-22(33-4)23(16-21)34-5)25-18(2)19(3)35-28(25)31-27(32)20-11-7-6-8-12-20/h6-16,26H,1-5H3,(H,29,30)(H,31,32)/t26-/m0/s1. The molecule has 2 aromatic heterocycles. The predicted octanol–water partition coefficient (Wildman–Crippen LogP) is 6.54. The molecule has 0 saturated carbocycles. The van der Waals surface area contributed by atoms with Crippen LogP contribution in [0.2, 0.25) is 0 Å². The number of amides is 1. The van der Waals surface area contributed by atoms with Gasteiger partial charge in [0, 0.05) is 21.7 Å². The number of aryl methyl sites for hydroxylation is 2. The molecule has 35 heavy (non-hydrogen) atoms. The SMILES string of the molecule is COc1ccc([C@H](Nc2cccc(C)n2)c2c(NC(=O)c3ccccc3)sc(C)c2C)cc1OC. The Bertz CT molecular complexity index is 1330. The summed E-state index contributed by atoms with van der Waals surface area (Å²) in [5.74, 6) is 1.88. The van der Waals surface area contributed by atoms with E-state index in [0.29, 0.717) is 17.1 Å². The second-order valence-corrected chi connectivity index (χ2v) is 9.43. The summed E-state index contributed by atoms with van der Waals surface area (Å²) < 4.78 is 11.0. The second-order valence-electron chi connectivity index (χ2n) is 8.20. The van der Waals surface area contributed by atoms with Crippen LogP contribution in [0, 0.1) is 20.8 Å². The first kappa shape index (κ1) is 24.3. The lowest BCUT2D eigenvalue weighted by molar-refractivity contribution is 0.102. The van der Waals surface area contributed by atoms with Crippen LogP contribution in [0.15, 0.2) is 66.7 Å². The minimum Gasteiger partial charge on any atom is -0.493 e. The zero-order chi connectivity index (χ0) is 24.9. The van der Waals surface area contributed by atoms with Gasteiger partial charge in [0.1, 0.15) is 10.8 Å². The highest BCUT2D eigenvalue weighted by atomic mass is 32.1. The summed E-state index contributed by atoms with van der Waals surface area (Å²) in [5, 5.41) is 7.55. The van der Waals surface area contributed by atoms with Crippen LogP contribution in [-0.4, -0.2) is 25.1 Å². The van der Waals surface area contributed by atoms with Gasteiger partial charge < -0.3 is 20.1 Å². The Kier molecular flexibility index (Phi) is 7.36. The number of carbonyl (C=O) groups excluding carboxylic acids is 1. The van der Waals surface area contributed by atoms with E-state index in [2.05, 4.69) is 29.5 Å². The van der Waals surface area contributed by atoms with E-state index in [9.17, 15) is 4.79 Å². The van der Waals surface area contributed by atoms with Crippen molar-refractivity contribution in [1.82, 2.24) is 4.98 Å². The van der Waals surface area contributed by atoms with E-state index in [1.165, 1.54) is 0 Å². The van der Waals surface area contributed by atoms with Crippen molar-refractivity contribution in [2.75, 3.05) is 24.9 Å². The Balaban J connectivity index is 1.82. The third-order valence-corrected chi connectivity index (χ3v) is 7.04. The zero-order valence-corrected chi connectivity index (χ0v) is 21.3. The number of nitrogens with zero attached hydrogens (tertiary/aromatic N) is 1. The molecule has 0 fully saturated rings. The highest BCUT2D eigenvalue weighted by molar-refractivity contribution is 7.16. The average Bonchev–Trinajstić information content (AvgIpc) is 3.15. The normalized spacial score (nSPS) is 11.6. The van der Waals surface area contributed by atoms with Crippen LogP contribution in [0.1, 0.15) is 43.7 Å². The summed E-state index contributed by atoms with van der Waals surface area (Å²) in [7, 11) is 3.24. The van der Waals surface area contributed by atoms with Gasteiger partial charge in [0.15, 0.2) is 11.5 Å². The number of carbonyl (C=O) groups is 1. The highest BCUT2D eigenvalue weighted by Gasteiger charge is 2.26. The maximum absolute atomic E-state index is 13.1. The van der Waals surface area contributed by atoms with E-state index >= 15 is 0 Å². The van der Waals surface area contributed by atoms with Crippen LogP contribution < -0.4 is 20.1 Å². The van der Waals surface area contributed by atoms with Crippen molar-refractivity contribution in [1.29, 1.82) is 0 Å². The van der Waals surface area contributed by atoms with E-state index in [4.69, 9.17) is 9.47 Å². The largest absolute Gasteiger partial charge is 0.493 e. The number of methoxy groups -OCH3 is 2. The Morgan fingerprint density at radius 3 is 2.34 bits per heavy atom. The lowest BCUT2D eigenvalue weighted by Gasteiger charge is -2.23. The fourth-order valence-electron chi connectivity index (χ4n) is 3.98. The molecule has 0 saturated heterocycles. The Morgan fingerprint density at radius 1 is 0.914 bits per heavy atom. The number of thiophene rings is 1. The topological polar surface area (TPSA) is 72.5 Å². The van der Waals surface area contributed by atoms with E-state index in [1.54, 1.807) is 25.6 Å². The van der Waals surface area contributed by atoms with Crippen molar-refractivity contribution in [3.8, 4) is 11.5 Å². The van der Waals surface area contributed by atoms with Gasteiger partial charge in [-0.05, 0) is 68.3 Å². The molecule has 0 aliphatic heterocycles. The van der Waals surface area contributed by atoms with E-state index in [-0.39, 0.29) is 11.9 Å². The van der Waals surface area contributed by atoms with Gasteiger partial charge in [-0.15, -0.1) is 11.3 Å². The van der Waals surface area contributed by atoms with Crippen LogP contribution in [0.25, 0.3) is 0 Å². The van der Waals surface area contributed by atoms with Gasteiger partial charge in [0.25, 0.3) is 5.91 Å². The van der Waals surface area contributed by atoms with Crippen LogP contribution in [-0.2, 0) is 0 Å². The van der Waals surface area contributed by atoms with E-state index < -0.39 is 0 Å². The van der Waals surface area contributed by atoms with Crippen molar-refractivity contribution < 1.29 is 14.3 Å². The van der Waals surface area contributed by atoms with Crippen LogP contribution in [0.4, 0.5) is 10.8 Å². The molecule has 0 unspecified atom stereocenters. The molecule has 0 aliphatic rings. The van der Waals surface area contributed by atoms with Gasteiger partial charge in [-0.2, -0.15) is 0 Å². The van der Waals surface area contributed by atoms with Crippen molar-refractivity contribution in [3.63, 3.8) is 0 Å². The number of hydrogen-bond acceptors (Lipinski definition) is 6. The molecule has 0 radical (unpaired) electrons. The van der Waals surface area contributed by atoms with Gasteiger partial charge >= 0.3 is 0 Å². The van der Waals surface area contributed by atoms with E-state index in [1.807, 2.05) is 73.7 Å². The molecule has 2 N–H and O–H groups in total. The second kappa shape index (κ2) is 10.6. The summed E-state index contributed by atoms with van der Waals surface area (Å²) in [5.41, 5.74) is 4.59. The molecule has 6 nitrogen and oxygen atoms in total. The van der Waals surface area contributed by atoms with Gasteiger partial charge in [-0.1, -0.05) is 30.3 Å². The molecule has 0 bridgehead atoms. The number of benzene rings is 2. The summed E-state index contributed by atoms with van der Waals surface area (Å²) in [6, 6.07) is 20.7. The molecule has 1 amide bonds. The van der Waals surface area contributed by atoms with Gasteiger partial charge in [-0.3, -0.25) is 4.79 Å². The number of anilines is 2. The Hall–Kier alpha value is -3.84. The molecular formula is C28H29N3O3S. The van der Waals surface area contributed by atoms with E-state index in [0.717, 1.165) is 38.1 Å². The minimum absolute atomic E-state index is 0.146. The molecule has 7 heteroatoms. The molecular weight excluding hydrogens is 458 g/mol. The van der Waals surface area contributed by atoms with Crippen molar-refractivity contribution in [2.24, 2.45) is 0 Å². The Morgan fingerprint density at radius 2 is 1.66 bits per heavy atom. The van der Waals surface area contributed by atoms with Crippen LogP contribution >= 0.6 is 11.3 Å². The molecule has 4 rings (SSSR count). The molecule has 1 atom stereocenters. The first-order chi connectivity index (χ1) is 16.9. The monoisotopic (exact) mass is 487 g/mol. The maximum Gasteiger partial charge on any atom is 0.256 e. The number of pyridine rings is 1. The van der Waals surface area contributed by atoms with Gasteiger partial charge in [0.2, 0.25) is 0 Å². The summed E-state index contributed by atoms with van der Waals surface area (Å²) in [6.45, 7) is 6.11. The molecule has 0 spiro atoms. The number of aromatic nitrogens is 1. The smallest absolute Gasteiger partial charge is 0.256 e. The first-order valence-electron chi connectivity index (χ1n) is 11.3. The summed E-state index contributed by atoms with van der Waals surface area (Å²) >= 11 is 1.57. The van der Waals surface area contributed by atoms with Crippen LogP contribution in [0.5, 0.6) is 11.5 Å². The fourth-order valence-corrected chi connectivity index (χ4v) is 5.07. The van der Waals surface area contributed by atoms with Crippen LogP contribution in [0.3, 0.4) is 0 Å². The minimum atomic E-state index is -0.292. The number of nitrogens with one attached hydrogen (secondary N) is 2. The Labute approximate surface area is 210 Å². The zero-order valence-electron chi connectivity index (χ0n) is 20.5. The number of hydrogen-bond donors (Lipinski definition) is 2. The quantitative estimate of drug-likeness (QED) is 0.295. The molecule has 180 valence electrons.